The van der Waals surface area contributed by atoms with Gasteiger partial charge >= 0.3 is 5.97 Å². The first-order valence-corrected chi connectivity index (χ1v) is 8.94. The van der Waals surface area contributed by atoms with E-state index < -0.39 is 12.1 Å². The second-order valence-electron chi connectivity index (χ2n) is 6.42. The highest BCUT2D eigenvalue weighted by atomic mass is 35.5. The molecule has 0 aromatic carbocycles. The maximum absolute atomic E-state index is 12.5. The molecule has 1 atom stereocenters. The van der Waals surface area contributed by atoms with E-state index in [-0.39, 0.29) is 16.6 Å². The third-order valence-corrected chi connectivity index (χ3v) is 4.61. The molecule has 1 amide bonds. The number of hydrogen-bond donors (Lipinski definition) is 0. The maximum atomic E-state index is 12.5. The van der Waals surface area contributed by atoms with Gasteiger partial charge in [-0.1, -0.05) is 11.6 Å². The summed E-state index contributed by atoms with van der Waals surface area (Å²) >= 11 is 6.13. The highest BCUT2D eigenvalue weighted by Crippen LogP contribution is 2.20. The zero-order valence-electron chi connectivity index (χ0n) is 15.0. The summed E-state index contributed by atoms with van der Waals surface area (Å²) in [6.07, 6.45) is 1.07. The van der Waals surface area contributed by atoms with Gasteiger partial charge < -0.3 is 9.64 Å². The van der Waals surface area contributed by atoms with Gasteiger partial charge in [-0.05, 0) is 51.8 Å². The Hall–Kier alpha value is -2.41. The van der Waals surface area contributed by atoms with E-state index in [1.165, 1.54) is 0 Å². The number of esters is 1. The second kappa shape index (κ2) is 7.45. The number of aryl methyl sites for hydroxylation is 2. The third-order valence-electron chi connectivity index (χ3n) is 4.30. The summed E-state index contributed by atoms with van der Waals surface area (Å²) in [6.45, 7) is 6.74. The van der Waals surface area contributed by atoms with Crippen LogP contribution >= 0.6 is 11.6 Å². The highest BCUT2D eigenvalue weighted by Gasteiger charge is 2.27. The Morgan fingerprint density at radius 3 is 2.54 bits per heavy atom. The lowest BCUT2D eigenvalue weighted by Gasteiger charge is -2.20. The fourth-order valence-corrected chi connectivity index (χ4v) is 3.20. The van der Waals surface area contributed by atoms with Crippen molar-refractivity contribution in [1.29, 1.82) is 0 Å². The molecule has 0 radical (unpaired) electrons. The number of pyridine rings is 1. The molecule has 7 nitrogen and oxygen atoms in total. The summed E-state index contributed by atoms with van der Waals surface area (Å²) in [5, 5.41) is 4.52. The average molecular weight is 377 g/mol. The molecule has 8 heteroatoms. The van der Waals surface area contributed by atoms with Crippen molar-refractivity contribution in [2.75, 3.05) is 13.1 Å². The summed E-state index contributed by atoms with van der Waals surface area (Å²) in [6, 6.07) is 5.16. The summed E-state index contributed by atoms with van der Waals surface area (Å²) in [5.74, 6) is -0.453. The largest absolute Gasteiger partial charge is 0.448 e. The molecular weight excluding hydrogens is 356 g/mol. The van der Waals surface area contributed by atoms with Gasteiger partial charge in [-0.15, -0.1) is 0 Å². The van der Waals surface area contributed by atoms with Crippen LogP contribution in [0.3, 0.4) is 0 Å². The van der Waals surface area contributed by atoms with Gasteiger partial charge in [-0.25, -0.2) is 14.5 Å². The molecule has 3 rings (SSSR count). The predicted molar refractivity (Wildman–Crippen MR) is 96.5 cm³/mol. The minimum Gasteiger partial charge on any atom is -0.448 e. The first-order chi connectivity index (χ1) is 12.4. The number of aromatic nitrogens is 3. The Morgan fingerprint density at radius 1 is 1.23 bits per heavy atom. The molecule has 1 unspecified atom stereocenters. The fraction of sp³-hybridized carbons (Fsp3) is 0.444. The predicted octanol–water partition coefficient (Wildman–Crippen LogP) is 2.71. The lowest BCUT2D eigenvalue weighted by atomic mass is 10.3. The van der Waals surface area contributed by atoms with Gasteiger partial charge in [0, 0.05) is 18.8 Å². The molecule has 2 aromatic heterocycles. The quantitative estimate of drug-likeness (QED) is 0.767. The zero-order chi connectivity index (χ0) is 18.8. The van der Waals surface area contributed by atoms with Gasteiger partial charge in [0.15, 0.2) is 17.6 Å². The summed E-state index contributed by atoms with van der Waals surface area (Å²) in [5.41, 5.74) is 1.69. The molecule has 26 heavy (non-hydrogen) atoms. The summed E-state index contributed by atoms with van der Waals surface area (Å²) in [7, 11) is 0. The highest BCUT2D eigenvalue weighted by molar-refractivity contribution is 6.33. The molecule has 0 aliphatic carbocycles. The number of carbonyl (C=O) groups is 2. The first kappa shape index (κ1) is 18.4. The number of amides is 1. The van der Waals surface area contributed by atoms with Crippen LogP contribution in [0.5, 0.6) is 0 Å². The first-order valence-electron chi connectivity index (χ1n) is 8.57. The van der Waals surface area contributed by atoms with Crippen LogP contribution in [-0.2, 0) is 9.53 Å². The van der Waals surface area contributed by atoms with Crippen LogP contribution in [0.15, 0.2) is 18.2 Å². The Labute approximate surface area is 156 Å². The number of hydrogen-bond acceptors (Lipinski definition) is 5. The zero-order valence-corrected chi connectivity index (χ0v) is 15.8. The van der Waals surface area contributed by atoms with Crippen molar-refractivity contribution < 1.29 is 14.3 Å². The van der Waals surface area contributed by atoms with Gasteiger partial charge in [0.1, 0.15) is 0 Å². The third kappa shape index (κ3) is 3.72. The SMILES string of the molecule is Cc1cc(C)n(-c2ccc(Cl)c(C(=O)OC(C)C(=O)N3CCCC3)n2)n1. The van der Waals surface area contributed by atoms with Crippen LogP contribution in [0.2, 0.25) is 5.02 Å². The molecule has 0 N–H and O–H groups in total. The van der Waals surface area contributed by atoms with Crippen LogP contribution in [0.25, 0.3) is 5.82 Å². The number of nitrogens with zero attached hydrogens (tertiary/aromatic N) is 4. The molecule has 0 bridgehead atoms. The Bertz CT molecular complexity index is 843. The molecular formula is C18H21ClN4O3. The molecule has 138 valence electrons. The minimum absolute atomic E-state index is 0.0298. The van der Waals surface area contributed by atoms with Crippen LogP contribution in [0.1, 0.15) is 41.6 Å². The normalized spacial score (nSPS) is 15.2. The Kier molecular flexibility index (Phi) is 5.27. The number of ether oxygens (including phenoxy) is 1. The molecule has 1 aliphatic rings. The Balaban J connectivity index is 1.79. The van der Waals surface area contributed by atoms with Crippen molar-refractivity contribution in [3.05, 3.63) is 40.3 Å². The molecule has 2 aromatic rings. The average Bonchev–Trinajstić information content (AvgIpc) is 3.24. The molecule has 0 spiro atoms. The van der Waals surface area contributed by atoms with Crippen molar-refractivity contribution in [1.82, 2.24) is 19.7 Å². The van der Waals surface area contributed by atoms with E-state index in [1.807, 2.05) is 19.9 Å². The topological polar surface area (TPSA) is 77.3 Å². The van der Waals surface area contributed by atoms with Gasteiger partial charge in [-0.3, -0.25) is 4.79 Å². The lowest BCUT2D eigenvalue weighted by molar-refractivity contribution is -0.138. The van der Waals surface area contributed by atoms with Crippen LogP contribution < -0.4 is 0 Å². The minimum atomic E-state index is -0.879. The van der Waals surface area contributed by atoms with Crippen LogP contribution in [-0.4, -0.2) is 50.7 Å². The monoisotopic (exact) mass is 376 g/mol. The van der Waals surface area contributed by atoms with E-state index in [9.17, 15) is 9.59 Å². The van der Waals surface area contributed by atoms with Crippen molar-refractivity contribution >= 4 is 23.5 Å². The van der Waals surface area contributed by atoms with E-state index in [2.05, 4.69) is 10.1 Å². The van der Waals surface area contributed by atoms with Crippen molar-refractivity contribution in [3.63, 3.8) is 0 Å². The smallest absolute Gasteiger partial charge is 0.359 e. The summed E-state index contributed by atoms with van der Waals surface area (Å²) < 4.78 is 6.94. The van der Waals surface area contributed by atoms with E-state index in [1.54, 1.807) is 28.6 Å². The van der Waals surface area contributed by atoms with Crippen molar-refractivity contribution in [2.24, 2.45) is 0 Å². The number of halogens is 1. The van der Waals surface area contributed by atoms with Gasteiger partial charge in [0.05, 0.1) is 10.7 Å². The number of rotatable bonds is 4. The maximum Gasteiger partial charge on any atom is 0.359 e. The van der Waals surface area contributed by atoms with Gasteiger partial charge in [-0.2, -0.15) is 5.10 Å². The molecule has 1 fully saturated rings. The number of likely N-dealkylation sites (tertiary alicyclic amines) is 1. The number of carbonyl (C=O) groups excluding carboxylic acids is 2. The Morgan fingerprint density at radius 2 is 1.92 bits per heavy atom. The van der Waals surface area contributed by atoms with Crippen molar-refractivity contribution in [3.8, 4) is 5.82 Å². The molecule has 0 saturated carbocycles. The lowest BCUT2D eigenvalue weighted by Crippen LogP contribution is -2.38. The molecule has 1 aliphatic heterocycles. The molecule has 1 saturated heterocycles. The van der Waals surface area contributed by atoms with E-state index in [0.29, 0.717) is 18.9 Å². The van der Waals surface area contributed by atoms with E-state index in [0.717, 1.165) is 24.2 Å². The van der Waals surface area contributed by atoms with Crippen LogP contribution in [0.4, 0.5) is 0 Å². The fourth-order valence-electron chi connectivity index (χ4n) is 3.02. The standard InChI is InChI=1S/C18H21ClN4O3/c1-11-10-12(2)23(21-11)15-7-6-14(19)16(20-15)18(25)26-13(3)17(24)22-8-4-5-9-22/h6-7,10,13H,4-5,8-9H2,1-3H3. The van der Waals surface area contributed by atoms with E-state index in [4.69, 9.17) is 16.3 Å². The van der Waals surface area contributed by atoms with Gasteiger partial charge in [0.25, 0.3) is 5.91 Å². The molecule has 3 heterocycles. The summed E-state index contributed by atoms with van der Waals surface area (Å²) in [4.78, 5) is 30.8. The van der Waals surface area contributed by atoms with Gasteiger partial charge in [0.2, 0.25) is 0 Å². The van der Waals surface area contributed by atoms with Crippen molar-refractivity contribution in [2.45, 2.75) is 39.7 Å². The second-order valence-corrected chi connectivity index (χ2v) is 6.83. The van der Waals surface area contributed by atoms with Crippen LogP contribution in [0, 0.1) is 13.8 Å². The van der Waals surface area contributed by atoms with E-state index >= 15 is 0 Å².